The summed E-state index contributed by atoms with van der Waals surface area (Å²) in [5.74, 6) is -8.85. The minimum Gasteiger partial charge on any atom is -0.477 e. The summed E-state index contributed by atoms with van der Waals surface area (Å²) in [6, 6.07) is -6.99. The highest BCUT2D eigenvalue weighted by Crippen LogP contribution is 2.43. The number of hydrogen-bond donors (Lipinski definition) is 27. The number of aliphatic hydroxyl groups excluding tert-OH is 22. The number of carboxylic acid groups (broad SMARTS) is 1. The first kappa shape index (κ1) is 129. The number of amides is 4. The predicted octanol–water partition coefficient (Wildman–Crippen LogP) is -2.47. The van der Waals surface area contributed by atoms with Gasteiger partial charge in [0.05, 0.1) is 82.7 Å². The standard InChI is InChI=1S/C101H178N4O44/c1-8-10-12-14-16-18-20-22-23-24-25-26-27-28-29-30-31-33-35-37-39-41-43-45-68(117)105-59(60(114)44-42-40-38-36-34-32-21-19-17-15-13-11-9-2)52-134-95-83(129)80(126)86(65(50-109)141-95)143-98-84(130)91(77(123)67(142-98)53-135-93-70(103-57(6)112)88(75(121)63(48-107)138-93)145-97-82(128)79(125)73(119)55(4)137-97)147-94-71(104-58(7)113)90(87(66(51-110)140-94)144-96-81(127)78(124)72(118)54(3)136-96)146-99-85(131)92(76(122)64(49-108)139-99)149-101(100(132)133)46-61(115)69(102-56(5)111)89(148-101)74(120)62(116)47-106/h22-23,42,44,54-55,59-67,69-99,106-110,114-116,118-131H,8-21,24-41,43,45-53H2,1-7H3,(H,102,111)(H,103,112)(H,104,113)(H,105,117)(H,132,133)/b23-22-,44-42+/t54?,55?,59-,60+,61?,62+,63?,64?,65?,66?,67?,69+,70?,71?,72+,73+,74+,75+,76-,77-,78?,79?,80+,81-,82-,83?,84?,85?,86+,87+,88+,89?,90+,91-,92-,93+,94-,95+,96+,97+,98-,99-,101-/m0/s1. The van der Waals surface area contributed by atoms with Crippen molar-refractivity contribution in [3.8, 4) is 0 Å². The lowest BCUT2D eigenvalue weighted by atomic mass is 9.88. The molecule has 0 spiro atoms. The van der Waals surface area contributed by atoms with E-state index >= 15 is 0 Å². The molecular weight excluding hydrogens is 1970 g/mol. The molecule has 0 aromatic rings. The smallest absolute Gasteiger partial charge is 0.364 e. The molecule has 8 fully saturated rings. The van der Waals surface area contributed by atoms with Crippen LogP contribution >= 0.6 is 0 Å². The van der Waals surface area contributed by atoms with Crippen LogP contribution in [-0.4, -0.2) is 457 Å². The number of allylic oxidation sites excluding steroid dienone is 3. The molecule has 8 rings (SSSR count). The number of carboxylic acids is 1. The Labute approximate surface area is 871 Å². The van der Waals surface area contributed by atoms with E-state index in [1.165, 1.54) is 142 Å². The molecule has 0 radical (unpaired) electrons. The summed E-state index contributed by atoms with van der Waals surface area (Å²) in [5.41, 5.74) is 0. The van der Waals surface area contributed by atoms with Crippen LogP contribution in [0.3, 0.4) is 0 Å². The molecule has 27 N–H and O–H groups in total. The van der Waals surface area contributed by atoms with E-state index in [0.717, 1.165) is 97.8 Å². The third-order valence-electron chi connectivity index (χ3n) is 28.9. The fourth-order valence-corrected chi connectivity index (χ4v) is 20.1. The molecule has 0 aromatic heterocycles. The van der Waals surface area contributed by atoms with Crippen LogP contribution in [0.15, 0.2) is 24.3 Å². The van der Waals surface area contributed by atoms with Crippen LogP contribution in [0.5, 0.6) is 0 Å². The molecule has 0 saturated carbocycles. The molecule has 48 nitrogen and oxygen atoms in total. The van der Waals surface area contributed by atoms with Crippen molar-refractivity contribution >= 4 is 29.6 Å². The maximum absolute atomic E-state index is 14.0. The van der Waals surface area contributed by atoms with E-state index in [-0.39, 0.29) is 6.42 Å². The molecule has 16 unspecified atom stereocenters. The summed E-state index contributed by atoms with van der Waals surface area (Å²) in [5, 5.41) is 274. The number of unbranched alkanes of at least 4 members (excludes halogenated alkanes) is 30. The Kier molecular flexibility index (Phi) is 58.1. The quantitative estimate of drug-likeness (QED) is 0.0222. The number of aliphatic hydroxyl groups is 22. The molecule has 43 atom stereocenters. The van der Waals surface area contributed by atoms with E-state index in [9.17, 15) is 141 Å². The van der Waals surface area contributed by atoms with E-state index < -0.39 is 345 Å². The lowest BCUT2D eigenvalue weighted by Gasteiger charge is -2.52. The van der Waals surface area contributed by atoms with E-state index in [4.69, 9.17) is 75.8 Å². The summed E-state index contributed by atoms with van der Waals surface area (Å²) in [7, 11) is 0. The highest BCUT2D eigenvalue weighted by molar-refractivity contribution is 5.77. The van der Waals surface area contributed by atoms with Crippen LogP contribution in [0.4, 0.5) is 0 Å². The van der Waals surface area contributed by atoms with Crippen LogP contribution in [0.2, 0.25) is 0 Å². The highest BCUT2D eigenvalue weighted by Gasteiger charge is 2.64. The van der Waals surface area contributed by atoms with Gasteiger partial charge < -0.3 is 215 Å². The van der Waals surface area contributed by atoms with Crippen molar-refractivity contribution in [2.24, 2.45) is 0 Å². The Hall–Kier alpha value is -4.69. The number of aliphatic carboxylic acids is 1. The summed E-state index contributed by atoms with van der Waals surface area (Å²) in [6.07, 6.45) is -36.1. The van der Waals surface area contributed by atoms with Crippen molar-refractivity contribution in [2.45, 2.75) is 536 Å². The molecule has 149 heavy (non-hydrogen) atoms. The fourth-order valence-electron chi connectivity index (χ4n) is 20.1. The second-order valence-corrected chi connectivity index (χ2v) is 40.9. The zero-order valence-corrected chi connectivity index (χ0v) is 87.1. The molecule has 0 bridgehead atoms. The summed E-state index contributed by atoms with van der Waals surface area (Å²) >= 11 is 0. The van der Waals surface area contributed by atoms with Crippen molar-refractivity contribution in [3.63, 3.8) is 0 Å². The van der Waals surface area contributed by atoms with Crippen molar-refractivity contribution in [1.29, 1.82) is 0 Å². The van der Waals surface area contributed by atoms with Crippen molar-refractivity contribution in [2.75, 3.05) is 46.2 Å². The zero-order chi connectivity index (χ0) is 109. The Bertz CT molecular complexity index is 3810. The van der Waals surface area contributed by atoms with Crippen LogP contribution in [0.1, 0.15) is 273 Å². The van der Waals surface area contributed by atoms with Gasteiger partial charge in [0.2, 0.25) is 23.6 Å². The Morgan fingerprint density at radius 2 is 0.745 bits per heavy atom. The highest BCUT2D eigenvalue weighted by atomic mass is 16.8. The van der Waals surface area contributed by atoms with E-state index in [1.54, 1.807) is 6.08 Å². The van der Waals surface area contributed by atoms with Gasteiger partial charge in [-0.2, -0.15) is 0 Å². The molecular formula is C101H178N4O44. The van der Waals surface area contributed by atoms with Crippen LogP contribution in [-0.2, 0) is 99.8 Å². The van der Waals surface area contributed by atoms with Gasteiger partial charge in [-0.1, -0.05) is 205 Å². The molecule has 8 aliphatic heterocycles. The number of hydrogen-bond acceptors (Lipinski definition) is 43. The van der Waals surface area contributed by atoms with Crippen molar-refractivity contribution in [1.82, 2.24) is 21.3 Å². The normalized spacial score (nSPS) is 37.6. The molecule has 8 saturated heterocycles. The number of rotatable bonds is 67. The van der Waals surface area contributed by atoms with Gasteiger partial charge in [0.25, 0.3) is 5.79 Å². The minimum absolute atomic E-state index is 0.0818. The van der Waals surface area contributed by atoms with Crippen LogP contribution in [0, 0.1) is 0 Å². The number of ether oxygens (including phenoxy) is 16. The lowest BCUT2D eigenvalue weighted by molar-refractivity contribution is -0.400. The lowest BCUT2D eigenvalue weighted by Crippen LogP contribution is -2.72. The van der Waals surface area contributed by atoms with Gasteiger partial charge >= 0.3 is 5.97 Å². The van der Waals surface area contributed by atoms with E-state index in [0.29, 0.717) is 12.8 Å². The average Bonchev–Trinajstić information content (AvgIpc) is 0.744. The first-order chi connectivity index (χ1) is 71.2. The second-order valence-electron chi connectivity index (χ2n) is 40.9. The van der Waals surface area contributed by atoms with Gasteiger partial charge in [-0.25, -0.2) is 4.79 Å². The Morgan fingerprint density at radius 3 is 1.22 bits per heavy atom. The average molecular weight is 2150 g/mol. The third-order valence-corrected chi connectivity index (χ3v) is 28.9. The molecule has 866 valence electrons. The first-order valence-electron chi connectivity index (χ1n) is 54.0. The van der Waals surface area contributed by atoms with Gasteiger partial charge in [0.15, 0.2) is 44.0 Å². The Morgan fingerprint density at radius 1 is 0.369 bits per heavy atom. The monoisotopic (exact) mass is 2150 g/mol. The minimum atomic E-state index is -3.39. The fraction of sp³-hybridized carbons (Fsp3) is 0.911. The van der Waals surface area contributed by atoms with Gasteiger partial charge in [-0.05, 0) is 58.8 Å². The molecule has 4 amide bonds. The third kappa shape index (κ3) is 38.6. The SMILES string of the molecule is CCCCCCCC/C=C\CCCCCCCCCCCCCCCC(=O)N[C@@H](CO[C@@H]1OC(CO)[C@@H](O[C@@H]2OC(CO[C@@H]3OC(CO)[C@@H](O)[C@H](O[C@H]4OC(C)[C@@H](O)C(O)[C@@H]4O)C3NC(C)=O)[C@H](O)[C@H](O[C@@H]3OC(CO)[C@@H](O[C@H]4OC(C)[C@@H](O)C(O)[C@@H]4O)[C@H](O[C@@H]4OC(CO)[C@H](O)[C@H](O[C@]5(C(=O)O)CC(O)[C@@H](NC(C)=O)C([C@H](O)[C@H](O)CO)O5)C4O)C3NC(C)=O)C2O)[C@H](O)C1O)[C@H](O)/C=C/CCCCCCCCCCCCC. The van der Waals surface area contributed by atoms with Gasteiger partial charge in [0, 0.05) is 33.6 Å². The molecule has 48 heteroatoms. The topological polar surface area (TPSA) is 746 Å². The Balaban J connectivity index is 1.07. The van der Waals surface area contributed by atoms with Gasteiger partial charge in [0.1, 0.15) is 177 Å². The number of nitrogens with one attached hydrogen (secondary N) is 4. The van der Waals surface area contributed by atoms with Crippen molar-refractivity contribution < 1.29 is 217 Å². The van der Waals surface area contributed by atoms with E-state index in [1.807, 2.05) is 0 Å². The summed E-state index contributed by atoms with van der Waals surface area (Å²) in [6.45, 7) is 2.14. The van der Waals surface area contributed by atoms with Crippen LogP contribution < -0.4 is 21.3 Å². The van der Waals surface area contributed by atoms with Crippen molar-refractivity contribution in [3.05, 3.63) is 24.3 Å². The zero-order valence-electron chi connectivity index (χ0n) is 87.1. The number of carbonyl (C=O) groups is 5. The molecule has 8 aliphatic rings. The first-order valence-corrected chi connectivity index (χ1v) is 54.0. The maximum Gasteiger partial charge on any atom is 0.364 e. The van der Waals surface area contributed by atoms with E-state index in [2.05, 4.69) is 47.3 Å². The molecule has 0 aromatic carbocycles. The van der Waals surface area contributed by atoms with Crippen LogP contribution in [0.25, 0.3) is 0 Å². The van der Waals surface area contributed by atoms with Gasteiger partial charge in [-0.15, -0.1) is 0 Å². The largest absolute Gasteiger partial charge is 0.477 e. The van der Waals surface area contributed by atoms with Gasteiger partial charge in [-0.3, -0.25) is 19.2 Å². The maximum atomic E-state index is 14.0. The summed E-state index contributed by atoms with van der Waals surface area (Å²) < 4.78 is 98.2. The second kappa shape index (κ2) is 66.9. The molecule has 8 heterocycles. The molecule has 0 aliphatic carbocycles. The summed E-state index contributed by atoms with van der Waals surface area (Å²) in [4.78, 5) is 67.3. The number of carbonyl (C=O) groups excluding carboxylic acids is 4. The predicted molar refractivity (Wildman–Crippen MR) is 522 cm³/mol.